The lowest BCUT2D eigenvalue weighted by Gasteiger charge is -2.30. The number of nitro groups is 1. The Morgan fingerprint density at radius 3 is 2.43 bits per heavy atom. The average Bonchev–Trinajstić information content (AvgIpc) is 2.49. The summed E-state index contributed by atoms with van der Waals surface area (Å²) >= 11 is 0. The average molecular weight is 290 g/mol. The number of esters is 1. The zero-order chi connectivity index (χ0) is 15.9. The number of nitro benzene ring substituents is 1. The van der Waals surface area contributed by atoms with Crippen molar-refractivity contribution in [2.24, 2.45) is 0 Å². The van der Waals surface area contributed by atoms with Crippen LogP contribution in [0, 0.1) is 21.4 Å². The Bertz CT molecular complexity index is 548. The van der Waals surface area contributed by atoms with Crippen LogP contribution in [0.15, 0.2) is 24.3 Å². The highest BCUT2D eigenvalue weighted by molar-refractivity contribution is 5.83. The molecular weight excluding hydrogens is 272 g/mol. The summed E-state index contributed by atoms with van der Waals surface area (Å²) in [5, 5.41) is 19.5. The van der Waals surface area contributed by atoms with E-state index in [0.717, 1.165) is 0 Å². The molecule has 0 bridgehead atoms. The molecule has 1 unspecified atom stereocenters. The molecule has 0 saturated carbocycles. The fraction of sp³-hybridized carbons (Fsp3) is 0.467. The molecule has 0 aliphatic carbocycles. The van der Waals surface area contributed by atoms with Gasteiger partial charge in [-0.2, -0.15) is 5.26 Å². The maximum Gasteiger partial charge on any atom is 0.316 e. The minimum absolute atomic E-state index is 0.0344. The second-order valence-corrected chi connectivity index (χ2v) is 4.62. The topological polar surface area (TPSA) is 93.2 Å². The highest BCUT2D eigenvalue weighted by atomic mass is 16.6. The van der Waals surface area contributed by atoms with Gasteiger partial charge in [0.1, 0.15) is 0 Å². The molecule has 1 aromatic rings. The molecule has 6 heteroatoms. The normalized spacial score (nSPS) is 13.0. The van der Waals surface area contributed by atoms with E-state index in [4.69, 9.17) is 10.00 Å². The Morgan fingerprint density at radius 1 is 1.38 bits per heavy atom. The van der Waals surface area contributed by atoms with E-state index >= 15 is 0 Å². The molecule has 0 aromatic heterocycles. The van der Waals surface area contributed by atoms with Gasteiger partial charge in [-0.05, 0) is 25.3 Å². The number of nitrogens with zero attached hydrogens (tertiary/aromatic N) is 2. The number of hydrogen-bond donors (Lipinski definition) is 0. The second-order valence-electron chi connectivity index (χ2n) is 4.62. The number of rotatable bonds is 7. The number of benzene rings is 1. The van der Waals surface area contributed by atoms with E-state index in [1.165, 1.54) is 12.1 Å². The Kier molecular flexibility index (Phi) is 5.85. The van der Waals surface area contributed by atoms with E-state index in [1.54, 1.807) is 19.1 Å². The summed E-state index contributed by atoms with van der Waals surface area (Å²) in [4.78, 5) is 22.6. The van der Waals surface area contributed by atoms with Crippen LogP contribution >= 0.6 is 0 Å². The maximum atomic E-state index is 12.4. The van der Waals surface area contributed by atoms with Gasteiger partial charge in [0, 0.05) is 18.6 Å². The number of nitriles is 1. The van der Waals surface area contributed by atoms with Crippen LogP contribution in [0.1, 0.15) is 38.7 Å². The summed E-state index contributed by atoms with van der Waals surface area (Å²) in [5.41, 5.74) is -0.321. The van der Waals surface area contributed by atoms with Gasteiger partial charge in [-0.15, -0.1) is 0 Å². The molecule has 1 rings (SSSR count). The number of carbonyl (C=O) groups is 1. The predicted molar refractivity (Wildman–Crippen MR) is 76.5 cm³/mol. The van der Waals surface area contributed by atoms with Crippen LogP contribution in [0.25, 0.3) is 0 Å². The van der Waals surface area contributed by atoms with E-state index in [0.29, 0.717) is 18.4 Å². The summed E-state index contributed by atoms with van der Waals surface area (Å²) in [6, 6.07) is 7.90. The molecule has 0 fully saturated rings. The van der Waals surface area contributed by atoms with Crippen LogP contribution in [0.5, 0.6) is 0 Å². The molecule has 0 radical (unpaired) electrons. The molecule has 112 valence electrons. The predicted octanol–water partition coefficient (Wildman–Crippen LogP) is 3.11. The molecule has 0 aliphatic heterocycles. The van der Waals surface area contributed by atoms with Crippen molar-refractivity contribution in [2.45, 2.75) is 38.5 Å². The second kappa shape index (κ2) is 7.39. The van der Waals surface area contributed by atoms with Crippen LogP contribution < -0.4 is 0 Å². The van der Waals surface area contributed by atoms with Crippen molar-refractivity contribution in [1.29, 1.82) is 5.26 Å². The summed E-state index contributed by atoms with van der Waals surface area (Å²) in [5.74, 6) is -0.392. The van der Waals surface area contributed by atoms with E-state index in [9.17, 15) is 14.9 Å². The van der Waals surface area contributed by atoms with Crippen LogP contribution in [0.3, 0.4) is 0 Å². The van der Waals surface area contributed by atoms with Gasteiger partial charge >= 0.3 is 5.97 Å². The molecule has 21 heavy (non-hydrogen) atoms. The van der Waals surface area contributed by atoms with Crippen LogP contribution in [0.4, 0.5) is 5.69 Å². The molecular formula is C15H18N2O4. The van der Waals surface area contributed by atoms with Gasteiger partial charge in [0.25, 0.3) is 5.69 Å². The molecule has 0 aliphatic rings. The number of ether oxygens (including phenoxy) is 1. The molecule has 1 aromatic carbocycles. The van der Waals surface area contributed by atoms with Gasteiger partial charge in [-0.3, -0.25) is 14.9 Å². The first-order valence-electron chi connectivity index (χ1n) is 6.81. The molecule has 0 N–H and O–H groups in total. The minimum atomic E-state index is -0.930. The van der Waals surface area contributed by atoms with Gasteiger partial charge in [0.05, 0.1) is 23.0 Å². The highest BCUT2D eigenvalue weighted by Crippen LogP contribution is 2.35. The fourth-order valence-corrected chi connectivity index (χ4v) is 2.33. The number of carbonyl (C=O) groups excluding carboxylic acids is 1. The minimum Gasteiger partial charge on any atom is -0.465 e. The molecule has 0 heterocycles. The Balaban J connectivity index is 3.24. The van der Waals surface area contributed by atoms with Gasteiger partial charge in [-0.25, -0.2) is 0 Å². The molecule has 6 nitrogen and oxygen atoms in total. The Morgan fingerprint density at radius 2 is 2.00 bits per heavy atom. The third-order valence-electron chi connectivity index (χ3n) is 3.56. The highest BCUT2D eigenvalue weighted by Gasteiger charge is 2.39. The lowest BCUT2D eigenvalue weighted by atomic mass is 9.74. The van der Waals surface area contributed by atoms with Crippen molar-refractivity contribution in [3.05, 3.63) is 39.9 Å². The van der Waals surface area contributed by atoms with Gasteiger partial charge in [0.2, 0.25) is 0 Å². The van der Waals surface area contributed by atoms with Crippen molar-refractivity contribution in [3.63, 3.8) is 0 Å². The summed E-state index contributed by atoms with van der Waals surface area (Å²) < 4.78 is 5.15. The van der Waals surface area contributed by atoms with Crippen LogP contribution in [0.2, 0.25) is 0 Å². The summed E-state index contributed by atoms with van der Waals surface area (Å²) in [6.07, 6.45) is 1.01. The molecule has 0 spiro atoms. The third kappa shape index (κ3) is 3.57. The van der Waals surface area contributed by atoms with E-state index in [1.807, 2.05) is 13.0 Å². The van der Waals surface area contributed by atoms with Gasteiger partial charge in [-0.1, -0.05) is 19.1 Å². The smallest absolute Gasteiger partial charge is 0.316 e. The Labute approximate surface area is 123 Å². The van der Waals surface area contributed by atoms with Crippen molar-refractivity contribution >= 4 is 11.7 Å². The fourth-order valence-electron chi connectivity index (χ4n) is 2.33. The van der Waals surface area contributed by atoms with Crippen molar-refractivity contribution in [1.82, 2.24) is 0 Å². The van der Waals surface area contributed by atoms with Crippen molar-refractivity contribution in [2.75, 3.05) is 6.61 Å². The van der Waals surface area contributed by atoms with E-state index < -0.39 is 16.3 Å². The quantitative estimate of drug-likeness (QED) is 0.437. The van der Waals surface area contributed by atoms with Crippen LogP contribution in [-0.4, -0.2) is 17.5 Å². The largest absolute Gasteiger partial charge is 0.465 e. The van der Waals surface area contributed by atoms with Crippen LogP contribution in [-0.2, 0) is 14.9 Å². The van der Waals surface area contributed by atoms with Crippen molar-refractivity contribution < 1.29 is 14.5 Å². The number of non-ortho nitro benzene ring substituents is 1. The summed E-state index contributed by atoms with van der Waals surface area (Å²) in [7, 11) is 0. The Hall–Kier alpha value is -2.42. The number of hydrogen-bond acceptors (Lipinski definition) is 5. The standard InChI is InChI=1S/C15H18N2O4/c1-3-15(10-5-11-16,14(18)21-4-2)12-6-8-13(9-7-12)17(19)20/h6-9H,3-5,10H2,1-2H3. The first-order chi connectivity index (χ1) is 10.0. The lowest BCUT2D eigenvalue weighted by Crippen LogP contribution is -2.37. The molecule has 0 amide bonds. The maximum absolute atomic E-state index is 12.4. The molecule has 0 saturated heterocycles. The first-order valence-corrected chi connectivity index (χ1v) is 6.81. The monoisotopic (exact) mass is 290 g/mol. The first kappa shape index (κ1) is 16.6. The van der Waals surface area contributed by atoms with Crippen molar-refractivity contribution in [3.8, 4) is 6.07 Å². The van der Waals surface area contributed by atoms with Gasteiger partial charge < -0.3 is 4.74 Å². The van der Waals surface area contributed by atoms with E-state index in [2.05, 4.69) is 0 Å². The third-order valence-corrected chi connectivity index (χ3v) is 3.56. The zero-order valence-corrected chi connectivity index (χ0v) is 12.2. The summed E-state index contributed by atoms with van der Waals surface area (Å²) in [6.45, 7) is 3.81. The lowest BCUT2D eigenvalue weighted by molar-refractivity contribution is -0.384. The van der Waals surface area contributed by atoms with Gasteiger partial charge in [0.15, 0.2) is 0 Å². The molecule has 1 atom stereocenters. The zero-order valence-electron chi connectivity index (χ0n) is 12.2. The van der Waals surface area contributed by atoms with E-state index in [-0.39, 0.29) is 18.7 Å². The SMILES string of the molecule is CCOC(=O)C(CC)(CCC#N)c1ccc([N+](=O)[O-])cc1.